The first kappa shape index (κ1) is 14.3. The molecule has 0 fully saturated rings. The highest BCUT2D eigenvalue weighted by Gasteiger charge is 2.41. The molecule has 0 saturated heterocycles. The van der Waals surface area contributed by atoms with Gasteiger partial charge in [0.15, 0.2) is 0 Å². The van der Waals surface area contributed by atoms with E-state index in [1.165, 1.54) is 12.1 Å². The predicted octanol–water partition coefficient (Wildman–Crippen LogP) is 3.47. The van der Waals surface area contributed by atoms with Crippen molar-refractivity contribution in [3.8, 4) is 0 Å². The molecule has 0 radical (unpaired) electrons. The summed E-state index contributed by atoms with van der Waals surface area (Å²) in [6, 6.07) is 3.07. The van der Waals surface area contributed by atoms with Gasteiger partial charge in [0, 0.05) is 12.7 Å². The number of nitrogens with zero attached hydrogens (tertiary/aromatic N) is 1. The van der Waals surface area contributed by atoms with Gasteiger partial charge in [0.2, 0.25) is 0 Å². The van der Waals surface area contributed by atoms with E-state index in [1.54, 1.807) is 19.9 Å². The number of aryl methyl sites for hydroxylation is 2. The van der Waals surface area contributed by atoms with Crippen LogP contribution in [0.5, 0.6) is 0 Å². The third-order valence-electron chi connectivity index (χ3n) is 2.72. The number of hydrogen-bond acceptors (Lipinski definition) is 1. The molecule has 0 aromatic heterocycles. The molecule has 0 saturated carbocycles. The third kappa shape index (κ3) is 2.72. The van der Waals surface area contributed by atoms with E-state index >= 15 is 0 Å². The number of carbonyl (C=O) groups excluding carboxylic acids is 1. The smallest absolute Gasteiger partial charge is 0.308 e. The van der Waals surface area contributed by atoms with Crippen molar-refractivity contribution < 1.29 is 18.0 Å². The summed E-state index contributed by atoms with van der Waals surface area (Å²) in [4.78, 5) is 11.7. The maximum atomic E-state index is 12.3. The Morgan fingerprint density at radius 3 is 2.06 bits per heavy atom. The van der Waals surface area contributed by atoms with Gasteiger partial charge in [-0.3, -0.25) is 4.79 Å². The number of rotatable bonds is 2. The van der Waals surface area contributed by atoms with Crippen molar-refractivity contribution in [2.24, 2.45) is 0 Å². The molecule has 1 amide bonds. The van der Waals surface area contributed by atoms with E-state index in [2.05, 4.69) is 6.58 Å². The molecule has 0 heterocycles. The van der Waals surface area contributed by atoms with Gasteiger partial charge in [-0.1, -0.05) is 12.7 Å². The highest BCUT2D eigenvalue weighted by Crippen LogP contribution is 2.26. The van der Waals surface area contributed by atoms with E-state index in [4.69, 9.17) is 0 Å². The van der Waals surface area contributed by atoms with Gasteiger partial charge in [-0.05, 0) is 42.7 Å². The number of alkyl halides is 3. The molecule has 98 valence electrons. The summed E-state index contributed by atoms with van der Waals surface area (Å²) in [6.45, 7) is 7.17. The molecule has 18 heavy (non-hydrogen) atoms. The van der Waals surface area contributed by atoms with Gasteiger partial charge in [0.25, 0.3) is 0 Å². The van der Waals surface area contributed by atoms with Crippen molar-refractivity contribution in [3.05, 3.63) is 35.4 Å². The minimum atomic E-state index is -4.87. The summed E-state index contributed by atoms with van der Waals surface area (Å²) < 4.78 is 37.0. The van der Waals surface area contributed by atoms with E-state index in [0.29, 0.717) is 4.90 Å². The summed E-state index contributed by atoms with van der Waals surface area (Å²) in [5.41, 5.74) is 2.65. The van der Waals surface area contributed by atoms with Crippen molar-refractivity contribution in [3.63, 3.8) is 0 Å². The molecular formula is C13H14F3NO. The van der Waals surface area contributed by atoms with Crippen LogP contribution in [0.3, 0.4) is 0 Å². The molecular weight excluding hydrogens is 243 g/mol. The summed E-state index contributed by atoms with van der Waals surface area (Å²) in [7, 11) is 1.11. The van der Waals surface area contributed by atoms with Crippen LogP contribution in [0.15, 0.2) is 18.7 Å². The normalized spacial score (nSPS) is 11.2. The molecule has 0 N–H and O–H groups in total. The Kier molecular flexibility index (Phi) is 3.84. The van der Waals surface area contributed by atoms with Crippen molar-refractivity contribution in [2.75, 3.05) is 11.9 Å². The third-order valence-corrected chi connectivity index (χ3v) is 2.72. The van der Waals surface area contributed by atoms with Crippen LogP contribution in [-0.4, -0.2) is 19.1 Å². The highest BCUT2D eigenvalue weighted by molar-refractivity contribution is 5.97. The van der Waals surface area contributed by atoms with E-state index in [-0.39, 0.29) is 5.69 Å². The lowest BCUT2D eigenvalue weighted by atomic mass is 10.0. The average molecular weight is 257 g/mol. The average Bonchev–Trinajstić information content (AvgIpc) is 2.25. The first-order valence-corrected chi connectivity index (χ1v) is 5.27. The number of hydrogen-bond donors (Lipinski definition) is 0. The van der Waals surface area contributed by atoms with Gasteiger partial charge in [0.05, 0.1) is 0 Å². The van der Waals surface area contributed by atoms with Crippen molar-refractivity contribution in [1.82, 2.24) is 0 Å². The maximum Gasteiger partial charge on any atom is 0.471 e. The Labute approximate surface area is 104 Å². The molecule has 0 aliphatic carbocycles. The number of halogens is 3. The molecule has 0 aliphatic heterocycles. The fourth-order valence-corrected chi connectivity index (χ4v) is 1.77. The topological polar surface area (TPSA) is 20.3 Å². The summed E-state index contributed by atoms with van der Waals surface area (Å²) >= 11 is 0. The fraction of sp³-hybridized carbons (Fsp3) is 0.308. The molecule has 0 unspecified atom stereocenters. The highest BCUT2D eigenvalue weighted by atomic mass is 19.4. The van der Waals surface area contributed by atoms with Crippen molar-refractivity contribution in [1.29, 1.82) is 0 Å². The summed E-state index contributed by atoms with van der Waals surface area (Å²) in [5.74, 6) is -1.88. The van der Waals surface area contributed by atoms with Crippen LogP contribution in [0.4, 0.5) is 18.9 Å². The molecule has 0 spiro atoms. The molecule has 1 aromatic rings. The van der Waals surface area contributed by atoms with E-state index in [0.717, 1.165) is 23.7 Å². The van der Waals surface area contributed by atoms with Gasteiger partial charge in [-0.25, -0.2) is 0 Å². The van der Waals surface area contributed by atoms with E-state index in [1.807, 2.05) is 0 Å². The molecule has 2 nitrogen and oxygen atoms in total. The lowest BCUT2D eigenvalue weighted by Gasteiger charge is -2.20. The molecule has 0 bridgehead atoms. The Hall–Kier alpha value is -1.78. The number of carbonyl (C=O) groups is 1. The minimum Gasteiger partial charge on any atom is -0.308 e. The zero-order valence-corrected chi connectivity index (χ0v) is 10.4. The van der Waals surface area contributed by atoms with E-state index < -0.39 is 12.1 Å². The van der Waals surface area contributed by atoms with E-state index in [9.17, 15) is 18.0 Å². The van der Waals surface area contributed by atoms with Gasteiger partial charge in [-0.2, -0.15) is 13.2 Å². The quantitative estimate of drug-likeness (QED) is 0.794. The molecule has 1 rings (SSSR count). The number of benzene rings is 1. The molecule has 0 aliphatic rings. The standard InChI is InChI=1S/C13H14F3NO/c1-5-11-8(2)6-10(7-9(11)3)17(4)12(18)13(14,15)16/h5-7H,1H2,2-4H3. The first-order chi connectivity index (χ1) is 8.18. The zero-order valence-electron chi connectivity index (χ0n) is 10.4. The molecule has 1 aromatic carbocycles. The van der Waals surface area contributed by atoms with Crippen LogP contribution >= 0.6 is 0 Å². The summed E-state index contributed by atoms with van der Waals surface area (Å²) in [5, 5.41) is 0. The van der Waals surface area contributed by atoms with Gasteiger partial charge < -0.3 is 4.90 Å². The van der Waals surface area contributed by atoms with Gasteiger partial charge >= 0.3 is 12.1 Å². The fourth-order valence-electron chi connectivity index (χ4n) is 1.77. The second kappa shape index (κ2) is 4.84. The van der Waals surface area contributed by atoms with Gasteiger partial charge in [-0.15, -0.1) is 0 Å². The minimum absolute atomic E-state index is 0.220. The Morgan fingerprint density at radius 2 is 1.72 bits per heavy atom. The predicted molar refractivity (Wildman–Crippen MR) is 65.5 cm³/mol. The Morgan fingerprint density at radius 1 is 1.28 bits per heavy atom. The Bertz CT molecular complexity index is 468. The molecule has 5 heteroatoms. The van der Waals surface area contributed by atoms with Crippen LogP contribution < -0.4 is 4.90 Å². The SMILES string of the molecule is C=Cc1c(C)cc(N(C)C(=O)C(F)(F)F)cc1C. The Balaban J connectivity index is 3.20. The van der Waals surface area contributed by atoms with Crippen LogP contribution in [-0.2, 0) is 4.79 Å². The second-order valence-corrected chi connectivity index (χ2v) is 4.06. The first-order valence-electron chi connectivity index (χ1n) is 5.27. The van der Waals surface area contributed by atoms with Crippen LogP contribution in [0.1, 0.15) is 16.7 Å². The summed E-state index contributed by atoms with van der Waals surface area (Å²) in [6.07, 6.45) is -3.23. The van der Waals surface area contributed by atoms with Crippen LogP contribution in [0.25, 0.3) is 6.08 Å². The van der Waals surface area contributed by atoms with Crippen LogP contribution in [0.2, 0.25) is 0 Å². The lowest BCUT2D eigenvalue weighted by molar-refractivity contribution is -0.170. The second-order valence-electron chi connectivity index (χ2n) is 4.06. The van der Waals surface area contributed by atoms with Gasteiger partial charge in [0.1, 0.15) is 0 Å². The largest absolute Gasteiger partial charge is 0.471 e. The van der Waals surface area contributed by atoms with Crippen molar-refractivity contribution in [2.45, 2.75) is 20.0 Å². The van der Waals surface area contributed by atoms with Crippen LogP contribution in [0, 0.1) is 13.8 Å². The van der Waals surface area contributed by atoms with Crippen molar-refractivity contribution >= 4 is 17.7 Å². The molecule has 0 atom stereocenters. The zero-order chi connectivity index (χ0) is 14.1. The number of anilines is 1. The number of amides is 1. The monoisotopic (exact) mass is 257 g/mol. The lowest BCUT2D eigenvalue weighted by Crippen LogP contribution is -2.38. The maximum absolute atomic E-state index is 12.3.